The van der Waals surface area contributed by atoms with Crippen LogP contribution in [0.3, 0.4) is 0 Å². The number of oxazole rings is 1. The lowest BCUT2D eigenvalue weighted by Crippen LogP contribution is -2.31. The number of carbonyl (C=O) groups is 2. The highest BCUT2D eigenvalue weighted by Gasteiger charge is 2.17. The number of ether oxygens (including phenoxy) is 2. The summed E-state index contributed by atoms with van der Waals surface area (Å²) in [4.78, 5) is 28.6. The lowest BCUT2D eigenvalue weighted by molar-refractivity contribution is -0.122. The molecule has 0 bridgehead atoms. The first-order chi connectivity index (χ1) is 16.9. The standard InChI is InChI=1S/C27H27N3O5/c1-17-6-4-5-7-22(17)29-27-30-23-13-10-20(16-24(23)35-27)18(2)25(31)28-14-15-34-21-11-8-19(9-12-21)26(32)33-3/h4-13,16,18H,14-15H2,1-3H3,(H,28,31)(H,29,30). The minimum absolute atomic E-state index is 0.119. The number of hydrogen-bond acceptors (Lipinski definition) is 7. The van der Waals surface area contributed by atoms with E-state index in [-0.39, 0.29) is 11.8 Å². The summed E-state index contributed by atoms with van der Waals surface area (Å²) in [6, 6.07) is 20.5. The number of amides is 1. The van der Waals surface area contributed by atoms with E-state index in [4.69, 9.17) is 9.15 Å². The molecule has 1 unspecified atom stereocenters. The van der Waals surface area contributed by atoms with E-state index in [1.54, 1.807) is 24.3 Å². The second-order valence-electron chi connectivity index (χ2n) is 8.06. The van der Waals surface area contributed by atoms with Crippen molar-refractivity contribution in [3.8, 4) is 5.75 Å². The van der Waals surface area contributed by atoms with Gasteiger partial charge in [-0.2, -0.15) is 4.98 Å². The van der Waals surface area contributed by atoms with Crippen molar-refractivity contribution >= 4 is 34.7 Å². The molecule has 1 amide bonds. The molecule has 2 N–H and O–H groups in total. The Labute approximate surface area is 203 Å². The Bertz CT molecular complexity index is 1330. The van der Waals surface area contributed by atoms with E-state index in [1.807, 2.05) is 56.3 Å². The topological polar surface area (TPSA) is 103 Å². The molecular formula is C27H27N3O5. The van der Waals surface area contributed by atoms with Gasteiger partial charge in [-0.05, 0) is 67.4 Å². The van der Waals surface area contributed by atoms with Gasteiger partial charge in [-0.25, -0.2) is 4.79 Å². The highest BCUT2D eigenvalue weighted by Crippen LogP contribution is 2.27. The number of benzene rings is 3. The number of aryl methyl sites for hydroxylation is 1. The van der Waals surface area contributed by atoms with Gasteiger partial charge in [-0.15, -0.1) is 0 Å². The predicted octanol–water partition coefficient (Wildman–Crippen LogP) is 4.97. The van der Waals surface area contributed by atoms with Gasteiger partial charge in [-0.3, -0.25) is 4.79 Å². The first-order valence-electron chi connectivity index (χ1n) is 11.3. The SMILES string of the molecule is COC(=O)c1ccc(OCCNC(=O)C(C)c2ccc3nc(Nc4ccccc4C)oc3c2)cc1. The molecule has 180 valence electrons. The van der Waals surface area contributed by atoms with Crippen LogP contribution < -0.4 is 15.4 Å². The van der Waals surface area contributed by atoms with E-state index in [2.05, 4.69) is 20.4 Å². The minimum Gasteiger partial charge on any atom is -0.492 e. The Morgan fingerprint density at radius 2 is 1.83 bits per heavy atom. The molecule has 0 saturated carbocycles. The number of para-hydroxylation sites is 1. The lowest BCUT2D eigenvalue weighted by atomic mass is 10.00. The van der Waals surface area contributed by atoms with Crippen molar-refractivity contribution in [2.24, 2.45) is 0 Å². The largest absolute Gasteiger partial charge is 0.492 e. The molecule has 3 aromatic carbocycles. The van der Waals surface area contributed by atoms with Crippen LogP contribution in [0.1, 0.15) is 34.3 Å². The van der Waals surface area contributed by atoms with Gasteiger partial charge in [-0.1, -0.05) is 24.3 Å². The summed E-state index contributed by atoms with van der Waals surface area (Å²) in [6.45, 7) is 4.49. The lowest BCUT2D eigenvalue weighted by Gasteiger charge is -2.13. The molecule has 8 nitrogen and oxygen atoms in total. The van der Waals surface area contributed by atoms with E-state index in [0.29, 0.717) is 41.6 Å². The number of aromatic nitrogens is 1. The Balaban J connectivity index is 1.31. The van der Waals surface area contributed by atoms with Crippen LogP contribution >= 0.6 is 0 Å². The quantitative estimate of drug-likeness (QED) is 0.261. The van der Waals surface area contributed by atoms with Crippen LogP contribution in [0, 0.1) is 6.92 Å². The third-order valence-corrected chi connectivity index (χ3v) is 5.64. The number of rotatable bonds is 9. The normalized spacial score (nSPS) is 11.6. The average molecular weight is 474 g/mol. The fourth-order valence-corrected chi connectivity index (χ4v) is 3.55. The monoisotopic (exact) mass is 473 g/mol. The molecule has 1 heterocycles. The van der Waals surface area contributed by atoms with Crippen molar-refractivity contribution in [3.63, 3.8) is 0 Å². The van der Waals surface area contributed by atoms with Crippen molar-refractivity contribution in [2.45, 2.75) is 19.8 Å². The van der Waals surface area contributed by atoms with Gasteiger partial charge in [0.1, 0.15) is 17.9 Å². The van der Waals surface area contributed by atoms with E-state index in [1.165, 1.54) is 7.11 Å². The molecule has 0 aliphatic carbocycles. The summed E-state index contributed by atoms with van der Waals surface area (Å²) in [5, 5.41) is 6.08. The number of hydrogen-bond donors (Lipinski definition) is 2. The zero-order valence-corrected chi connectivity index (χ0v) is 19.8. The zero-order valence-electron chi connectivity index (χ0n) is 19.8. The number of anilines is 2. The molecule has 1 aromatic heterocycles. The molecule has 0 fully saturated rings. The number of carbonyl (C=O) groups excluding carboxylic acids is 2. The second-order valence-corrected chi connectivity index (χ2v) is 8.06. The summed E-state index contributed by atoms with van der Waals surface area (Å²) in [7, 11) is 1.33. The average Bonchev–Trinajstić information content (AvgIpc) is 3.29. The number of nitrogens with one attached hydrogen (secondary N) is 2. The van der Waals surface area contributed by atoms with E-state index < -0.39 is 5.97 Å². The molecule has 1 atom stereocenters. The van der Waals surface area contributed by atoms with Crippen LogP contribution in [0.25, 0.3) is 11.1 Å². The Hall–Kier alpha value is -4.33. The molecule has 35 heavy (non-hydrogen) atoms. The van der Waals surface area contributed by atoms with E-state index in [9.17, 15) is 9.59 Å². The van der Waals surface area contributed by atoms with Crippen molar-refractivity contribution in [1.29, 1.82) is 0 Å². The molecule has 4 rings (SSSR count). The molecule has 4 aromatic rings. The zero-order chi connectivity index (χ0) is 24.8. The van der Waals surface area contributed by atoms with Crippen LogP contribution in [0.5, 0.6) is 5.75 Å². The fraction of sp³-hybridized carbons (Fsp3) is 0.222. The Kier molecular flexibility index (Phi) is 7.30. The van der Waals surface area contributed by atoms with Crippen LogP contribution in [0.15, 0.2) is 71.1 Å². The maximum absolute atomic E-state index is 12.7. The van der Waals surface area contributed by atoms with E-state index in [0.717, 1.165) is 16.8 Å². The fourth-order valence-electron chi connectivity index (χ4n) is 3.55. The van der Waals surface area contributed by atoms with Crippen LogP contribution in [-0.2, 0) is 9.53 Å². The highest BCUT2D eigenvalue weighted by atomic mass is 16.5. The minimum atomic E-state index is -0.403. The van der Waals surface area contributed by atoms with Gasteiger partial charge in [0.05, 0.1) is 25.1 Å². The van der Waals surface area contributed by atoms with Crippen LogP contribution in [0.4, 0.5) is 11.7 Å². The smallest absolute Gasteiger partial charge is 0.337 e. The summed E-state index contributed by atoms with van der Waals surface area (Å²) in [5.41, 5.74) is 4.61. The number of nitrogens with zero attached hydrogens (tertiary/aromatic N) is 1. The second kappa shape index (κ2) is 10.7. The Morgan fingerprint density at radius 1 is 1.06 bits per heavy atom. The molecule has 0 saturated heterocycles. The van der Waals surface area contributed by atoms with Gasteiger partial charge < -0.3 is 24.5 Å². The molecule has 8 heteroatoms. The summed E-state index contributed by atoms with van der Waals surface area (Å²) in [6.07, 6.45) is 0. The first-order valence-corrected chi connectivity index (χ1v) is 11.3. The van der Waals surface area contributed by atoms with Crippen molar-refractivity contribution in [1.82, 2.24) is 10.3 Å². The maximum Gasteiger partial charge on any atom is 0.337 e. The molecule has 0 aliphatic rings. The summed E-state index contributed by atoms with van der Waals surface area (Å²) >= 11 is 0. The third-order valence-electron chi connectivity index (χ3n) is 5.64. The number of fused-ring (bicyclic) bond motifs is 1. The first kappa shape index (κ1) is 23.8. The summed E-state index contributed by atoms with van der Waals surface area (Å²) in [5.74, 6) is -0.297. The van der Waals surface area contributed by atoms with Crippen LogP contribution in [-0.4, -0.2) is 37.1 Å². The number of esters is 1. The van der Waals surface area contributed by atoms with Crippen molar-refractivity contribution < 1.29 is 23.5 Å². The molecular weight excluding hydrogens is 446 g/mol. The maximum atomic E-state index is 12.7. The summed E-state index contributed by atoms with van der Waals surface area (Å²) < 4.78 is 16.2. The highest BCUT2D eigenvalue weighted by molar-refractivity contribution is 5.89. The van der Waals surface area contributed by atoms with Gasteiger partial charge in [0.25, 0.3) is 6.01 Å². The third kappa shape index (κ3) is 5.78. The van der Waals surface area contributed by atoms with E-state index >= 15 is 0 Å². The van der Waals surface area contributed by atoms with Crippen LogP contribution in [0.2, 0.25) is 0 Å². The number of methoxy groups -OCH3 is 1. The Morgan fingerprint density at radius 3 is 2.57 bits per heavy atom. The molecule has 0 spiro atoms. The van der Waals surface area contributed by atoms with Crippen molar-refractivity contribution in [2.75, 3.05) is 25.6 Å². The predicted molar refractivity (Wildman–Crippen MR) is 133 cm³/mol. The van der Waals surface area contributed by atoms with Gasteiger partial charge >= 0.3 is 5.97 Å². The van der Waals surface area contributed by atoms with Gasteiger partial charge in [0, 0.05) is 5.69 Å². The molecule has 0 radical (unpaired) electrons. The van der Waals surface area contributed by atoms with Crippen molar-refractivity contribution in [3.05, 3.63) is 83.4 Å². The molecule has 0 aliphatic heterocycles. The van der Waals surface area contributed by atoms with Gasteiger partial charge in [0.15, 0.2) is 5.58 Å². The van der Waals surface area contributed by atoms with Gasteiger partial charge in [0.2, 0.25) is 5.91 Å².